The molecule has 0 saturated heterocycles. The molecule has 0 unspecified atom stereocenters. The molecule has 0 atom stereocenters. The van der Waals surface area contributed by atoms with E-state index >= 15 is 0 Å². The van der Waals surface area contributed by atoms with Gasteiger partial charge in [-0.05, 0) is 30.5 Å². The van der Waals surface area contributed by atoms with Gasteiger partial charge in [0.05, 0.1) is 0 Å². The predicted molar refractivity (Wildman–Crippen MR) is 55.9 cm³/mol. The molecule has 0 radical (unpaired) electrons. The molecule has 0 bridgehead atoms. The molecule has 1 nitrogen and oxygen atoms in total. The lowest BCUT2D eigenvalue weighted by Gasteiger charge is -2.26. The van der Waals surface area contributed by atoms with Gasteiger partial charge >= 0.3 is 0 Å². The minimum absolute atomic E-state index is 0.749. The third kappa shape index (κ3) is 2.45. The molecular formula is C11H14ClN. The Morgan fingerprint density at radius 1 is 1.38 bits per heavy atom. The lowest BCUT2D eigenvalue weighted by molar-refractivity contribution is 0.338. The van der Waals surface area contributed by atoms with E-state index < -0.39 is 0 Å². The molecule has 1 aromatic carbocycles. The number of benzene rings is 1. The molecule has 0 amide bonds. The van der Waals surface area contributed by atoms with Crippen molar-refractivity contribution in [2.75, 3.05) is 0 Å². The van der Waals surface area contributed by atoms with Crippen LogP contribution < -0.4 is 5.32 Å². The van der Waals surface area contributed by atoms with E-state index in [0.717, 1.165) is 17.6 Å². The Bertz CT molecular complexity index is 281. The van der Waals surface area contributed by atoms with Crippen LogP contribution >= 0.6 is 11.6 Å². The van der Waals surface area contributed by atoms with Gasteiger partial charge in [-0.15, -0.1) is 0 Å². The molecule has 0 spiro atoms. The van der Waals surface area contributed by atoms with E-state index in [1.54, 1.807) is 0 Å². The maximum Gasteiger partial charge on any atom is 0.0409 e. The Kier molecular flexibility index (Phi) is 2.87. The standard InChI is InChI=1S/C11H14ClN/c12-10-4-1-3-9(7-10)8-13-11-5-2-6-11/h1,3-4,7,11,13H,2,5-6,8H2. The fourth-order valence-corrected chi connectivity index (χ4v) is 1.73. The highest BCUT2D eigenvalue weighted by Gasteiger charge is 2.15. The molecule has 2 heteroatoms. The van der Waals surface area contributed by atoms with Crippen LogP contribution in [-0.2, 0) is 6.54 Å². The zero-order chi connectivity index (χ0) is 9.10. The van der Waals surface area contributed by atoms with Crippen molar-refractivity contribution in [3.63, 3.8) is 0 Å². The summed E-state index contributed by atoms with van der Waals surface area (Å²) in [4.78, 5) is 0. The van der Waals surface area contributed by atoms with Crippen molar-refractivity contribution >= 4 is 11.6 Å². The second kappa shape index (κ2) is 4.12. The molecule has 1 aliphatic rings. The van der Waals surface area contributed by atoms with Gasteiger partial charge in [0.15, 0.2) is 0 Å². The summed E-state index contributed by atoms with van der Waals surface area (Å²) in [6.45, 7) is 0.950. The zero-order valence-corrected chi connectivity index (χ0v) is 8.35. The van der Waals surface area contributed by atoms with E-state index in [-0.39, 0.29) is 0 Å². The highest BCUT2D eigenvalue weighted by atomic mass is 35.5. The lowest BCUT2D eigenvalue weighted by atomic mass is 9.93. The Hall–Kier alpha value is -0.530. The van der Waals surface area contributed by atoms with Crippen LogP contribution in [-0.4, -0.2) is 6.04 Å². The summed E-state index contributed by atoms with van der Waals surface area (Å²) in [6.07, 6.45) is 4.05. The first-order valence-corrected chi connectivity index (χ1v) is 5.20. The second-order valence-corrected chi connectivity index (χ2v) is 4.08. The Morgan fingerprint density at radius 3 is 2.85 bits per heavy atom. The van der Waals surface area contributed by atoms with Crippen molar-refractivity contribution in [1.82, 2.24) is 5.32 Å². The Balaban J connectivity index is 1.86. The van der Waals surface area contributed by atoms with Crippen molar-refractivity contribution in [3.05, 3.63) is 34.9 Å². The lowest BCUT2D eigenvalue weighted by Crippen LogP contribution is -2.34. The molecule has 0 aliphatic heterocycles. The first kappa shape index (κ1) is 9.04. The quantitative estimate of drug-likeness (QED) is 0.782. The smallest absolute Gasteiger partial charge is 0.0409 e. The number of rotatable bonds is 3. The monoisotopic (exact) mass is 195 g/mol. The van der Waals surface area contributed by atoms with E-state index in [9.17, 15) is 0 Å². The summed E-state index contributed by atoms with van der Waals surface area (Å²) in [5, 5.41) is 4.33. The molecule has 1 saturated carbocycles. The summed E-state index contributed by atoms with van der Waals surface area (Å²) < 4.78 is 0. The highest BCUT2D eigenvalue weighted by molar-refractivity contribution is 6.30. The van der Waals surface area contributed by atoms with Crippen LogP contribution in [0, 0.1) is 0 Å². The van der Waals surface area contributed by atoms with Gasteiger partial charge in [0, 0.05) is 17.6 Å². The highest BCUT2D eigenvalue weighted by Crippen LogP contribution is 2.19. The topological polar surface area (TPSA) is 12.0 Å². The number of nitrogens with one attached hydrogen (secondary N) is 1. The molecule has 1 aromatic rings. The molecule has 70 valence electrons. The number of hydrogen-bond acceptors (Lipinski definition) is 1. The van der Waals surface area contributed by atoms with Gasteiger partial charge in [0.25, 0.3) is 0 Å². The molecular weight excluding hydrogens is 182 g/mol. The molecule has 0 heterocycles. The van der Waals surface area contributed by atoms with Crippen LogP contribution in [0.5, 0.6) is 0 Å². The maximum atomic E-state index is 5.88. The third-order valence-corrected chi connectivity index (χ3v) is 2.82. The van der Waals surface area contributed by atoms with Crippen molar-refractivity contribution in [2.24, 2.45) is 0 Å². The van der Waals surface area contributed by atoms with Crippen LogP contribution in [0.4, 0.5) is 0 Å². The Labute approximate surface area is 84.1 Å². The average Bonchev–Trinajstić information content (AvgIpc) is 2.01. The first-order chi connectivity index (χ1) is 6.34. The predicted octanol–water partition coefficient (Wildman–Crippen LogP) is 2.98. The van der Waals surface area contributed by atoms with Crippen molar-refractivity contribution < 1.29 is 0 Å². The van der Waals surface area contributed by atoms with Crippen molar-refractivity contribution in [2.45, 2.75) is 31.8 Å². The summed E-state index contributed by atoms with van der Waals surface area (Å²) in [7, 11) is 0. The van der Waals surface area contributed by atoms with Gasteiger partial charge in [-0.1, -0.05) is 30.2 Å². The van der Waals surface area contributed by atoms with E-state index in [1.165, 1.54) is 24.8 Å². The van der Waals surface area contributed by atoms with E-state index in [0.29, 0.717) is 0 Å². The molecule has 1 N–H and O–H groups in total. The minimum Gasteiger partial charge on any atom is -0.310 e. The molecule has 13 heavy (non-hydrogen) atoms. The van der Waals surface area contributed by atoms with Gasteiger partial charge in [0.1, 0.15) is 0 Å². The second-order valence-electron chi connectivity index (χ2n) is 3.64. The SMILES string of the molecule is Clc1cccc(CNC2CCC2)c1. The summed E-state index contributed by atoms with van der Waals surface area (Å²) in [6, 6.07) is 8.79. The third-order valence-electron chi connectivity index (χ3n) is 2.59. The fraction of sp³-hybridized carbons (Fsp3) is 0.455. The van der Waals surface area contributed by atoms with Crippen LogP contribution in [0.2, 0.25) is 5.02 Å². The largest absolute Gasteiger partial charge is 0.310 e. The van der Waals surface area contributed by atoms with Gasteiger partial charge in [0.2, 0.25) is 0 Å². The average molecular weight is 196 g/mol. The fourth-order valence-electron chi connectivity index (χ4n) is 1.52. The number of hydrogen-bond donors (Lipinski definition) is 1. The molecule has 1 aliphatic carbocycles. The van der Waals surface area contributed by atoms with Gasteiger partial charge in [-0.25, -0.2) is 0 Å². The maximum absolute atomic E-state index is 5.88. The van der Waals surface area contributed by atoms with E-state index in [2.05, 4.69) is 11.4 Å². The van der Waals surface area contributed by atoms with Crippen LogP contribution in [0.1, 0.15) is 24.8 Å². The number of halogens is 1. The molecule has 1 fully saturated rings. The first-order valence-electron chi connectivity index (χ1n) is 4.82. The van der Waals surface area contributed by atoms with Gasteiger partial charge in [-0.2, -0.15) is 0 Å². The summed E-state index contributed by atoms with van der Waals surface area (Å²) in [5.74, 6) is 0. The molecule has 0 aromatic heterocycles. The Morgan fingerprint density at radius 2 is 2.23 bits per heavy atom. The van der Waals surface area contributed by atoms with Crippen molar-refractivity contribution in [3.8, 4) is 0 Å². The van der Waals surface area contributed by atoms with Crippen LogP contribution in [0.15, 0.2) is 24.3 Å². The summed E-state index contributed by atoms with van der Waals surface area (Å²) >= 11 is 5.88. The van der Waals surface area contributed by atoms with Gasteiger partial charge in [-0.3, -0.25) is 0 Å². The van der Waals surface area contributed by atoms with Crippen molar-refractivity contribution in [1.29, 1.82) is 0 Å². The zero-order valence-electron chi connectivity index (χ0n) is 7.59. The normalized spacial score (nSPS) is 17.0. The van der Waals surface area contributed by atoms with E-state index in [4.69, 9.17) is 11.6 Å². The van der Waals surface area contributed by atoms with E-state index in [1.807, 2.05) is 18.2 Å². The van der Waals surface area contributed by atoms with Crippen LogP contribution in [0.25, 0.3) is 0 Å². The summed E-state index contributed by atoms with van der Waals surface area (Å²) in [5.41, 5.74) is 1.28. The minimum atomic E-state index is 0.749. The van der Waals surface area contributed by atoms with Crippen LogP contribution in [0.3, 0.4) is 0 Å². The molecule has 2 rings (SSSR count). The van der Waals surface area contributed by atoms with Gasteiger partial charge < -0.3 is 5.32 Å².